The Morgan fingerprint density at radius 3 is 2.31 bits per heavy atom. The second kappa shape index (κ2) is 13.7. The quantitative estimate of drug-likeness (QED) is 0.239. The fourth-order valence-corrected chi connectivity index (χ4v) is 4.98. The molecule has 2 amide bonds. The van der Waals surface area contributed by atoms with E-state index in [0.29, 0.717) is 38.2 Å². The number of amides is 2. The van der Waals surface area contributed by atoms with E-state index >= 15 is 0 Å². The fourth-order valence-electron chi connectivity index (χ4n) is 4.98. The third-order valence-electron chi connectivity index (χ3n) is 7.20. The molecule has 0 unspecified atom stereocenters. The number of hydrogen-bond donors (Lipinski definition) is 3. The van der Waals surface area contributed by atoms with Crippen molar-refractivity contribution in [3.05, 3.63) is 95.6 Å². The molecule has 0 aliphatic carbocycles. The van der Waals surface area contributed by atoms with Gasteiger partial charge >= 0.3 is 0 Å². The number of benzene rings is 3. The molecule has 2 heterocycles. The zero-order chi connectivity index (χ0) is 28.9. The minimum Gasteiger partial charge on any atom is -0.340 e. The molecular formula is C32H37FN6O2S. The number of aryl methyl sites for hydroxylation is 1. The van der Waals surface area contributed by atoms with E-state index in [4.69, 9.17) is 10.7 Å². The minimum absolute atomic E-state index is 0. The number of rotatable bonds is 9. The van der Waals surface area contributed by atoms with Crippen molar-refractivity contribution in [3.8, 4) is 11.3 Å². The van der Waals surface area contributed by atoms with Gasteiger partial charge in [0.15, 0.2) is 0 Å². The third-order valence-corrected chi connectivity index (χ3v) is 7.20. The van der Waals surface area contributed by atoms with E-state index in [9.17, 15) is 14.0 Å². The monoisotopic (exact) mass is 588 g/mol. The van der Waals surface area contributed by atoms with Crippen molar-refractivity contribution >= 4 is 42.5 Å². The van der Waals surface area contributed by atoms with Gasteiger partial charge in [-0.2, -0.15) is 13.5 Å². The van der Waals surface area contributed by atoms with Crippen LogP contribution in [0.2, 0.25) is 0 Å². The van der Waals surface area contributed by atoms with Crippen LogP contribution < -0.4 is 16.4 Å². The number of carbonyl (C=O) groups excluding carboxylic acids is 2. The van der Waals surface area contributed by atoms with E-state index in [1.165, 1.54) is 12.1 Å². The van der Waals surface area contributed by atoms with Crippen molar-refractivity contribution in [1.82, 2.24) is 14.5 Å². The summed E-state index contributed by atoms with van der Waals surface area (Å²) in [7, 11) is 0. The molecule has 5 rings (SSSR count). The van der Waals surface area contributed by atoms with Crippen LogP contribution in [0.15, 0.2) is 72.8 Å². The molecule has 0 spiro atoms. The topological polar surface area (TPSA) is 105 Å². The lowest BCUT2D eigenvalue weighted by Gasteiger charge is -2.30. The van der Waals surface area contributed by atoms with E-state index in [1.54, 1.807) is 17.0 Å². The van der Waals surface area contributed by atoms with E-state index in [2.05, 4.69) is 15.2 Å². The molecule has 0 saturated heterocycles. The summed E-state index contributed by atoms with van der Waals surface area (Å²) < 4.78 is 15.8. The number of nitrogens with two attached hydrogens (primary N) is 1. The Kier molecular flexibility index (Phi) is 10.0. The van der Waals surface area contributed by atoms with Gasteiger partial charge in [0.2, 0.25) is 11.8 Å². The van der Waals surface area contributed by atoms with Gasteiger partial charge in [-0.1, -0.05) is 36.8 Å². The summed E-state index contributed by atoms with van der Waals surface area (Å²) in [5.41, 5.74) is 11.6. The van der Waals surface area contributed by atoms with Crippen molar-refractivity contribution in [2.75, 3.05) is 17.2 Å². The molecule has 1 aliphatic heterocycles. The standard InChI is InChI=1S/C32H35FN6O2.H2S/c1-3-4-29(40)35-25-15-7-22(8-16-25)19-27(34)32(41)38-17-18-39-28(20-38)37-30(23-9-11-24(33)12-10-23)31(39)36-26-13-5-21(2)6-14-26;/h5-16,27,36H,3-4,17-20,34H2,1-2H3,(H,35,40);1H2/t27-;/m0./s1. The zero-order valence-electron chi connectivity index (χ0n) is 23.9. The second-order valence-corrected chi connectivity index (χ2v) is 10.4. The molecule has 42 heavy (non-hydrogen) atoms. The van der Waals surface area contributed by atoms with Crippen LogP contribution in [0.3, 0.4) is 0 Å². The number of nitrogens with one attached hydrogen (secondary N) is 2. The van der Waals surface area contributed by atoms with Crippen LogP contribution in [-0.2, 0) is 29.1 Å². The van der Waals surface area contributed by atoms with Crippen molar-refractivity contribution in [2.45, 2.75) is 52.2 Å². The van der Waals surface area contributed by atoms with Crippen LogP contribution in [0.25, 0.3) is 11.3 Å². The van der Waals surface area contributed by atoms with E-state index in [0.717, 1.165) is 46.1 Å². The van der Waals surface area contributed by atoms with Crippen molar-refractivity contribution < 1.29 is 14.0 Å². The number of nitrogens with zero attached hydrogens (tertiary/aromatic N) is 3. The van der Waals surface area contributed by atoms with Gasteiger partial charge in [0.25, 0.3) is 0 Å². The maximum Gasteiger partial charge on any atom is 0.240 e. The van der Waals surface area contributed by atoms with Crippen molar-refractivity contribution in [1.29, 1.82) is 0 Å². The van der Waals surface area contributed by atoms with Gasteiger partial charge in [-0.3, -0.25) is 9.59 Å². The van der Waals surface area contributed by atoms with Crippen LogP contribution in [-0.4, -0.2) is 38.9 Å². The first-order valence-electron chi connectivity index (χ1n) is 13.9. The molecule has 4 aromatic rings. The first-order chi connectivity index (χ1) is 19.8. The summed E-state index contributed by atoms with van der Waals surface area (Å²) in [6.45, 7) is 5.35. The number of hydrogen-bond acceptors (Lipinski definition) is 5. The Morgan fingerprint density at radius 2 is 1.64 bits per heavy atom. The number of carbonyl (C=O) groups is 2. The van der Waals surface area contributed by atoms with Crippen LogP contribution in [0, 0.1) is 12.7 Å². The van der Waals surface area contributed by atoms with Gasteiger partial charge in [0.05, 0.1) is 12.6 Å². The van der Waals surface area contributed by atoms with Gasteiger partial charge in [0.1, 0.15) is 23.2 Å². The van der Waals surface area contributed by atoms with Crippen molar-refractivity contribution in [3.63, 3.8) is 0 Å². The van der Waals surface area contributed by atoms with Crippen LogP contribution in [0.4, 0.5) is 21.6 Å². The van der Waals surface area contributed by atoms with E-state index in [-0.39, 0.29) is 31.1 Å². The minimum atomic E-state index is -0.709. The third kappa shape index (κ3) is 7.18. The molecule has 0 fully saturated rings. The van der Waals surface area contributed by atoms with Gasteiger partial charge in [-0.25, -0.2) is 9.37 Å². The summed E-state index contributed by atoms with van der Waals surface area (Å²) in [5.74, 6) is 1.06. The average molecular weight is 589 g/mol. The SMILES string of the molecule is CCCC(=O)Nc1ccc(C[C@H](N)C(=O)N2CCn3c(nc(-c4ccc(F)cc4)c3Nc3ccc(C)cc3)C2)cc1.S. The van der Waals surface area contributed by atoms with Crippen LogP contribution in [0.1, 0.15) is 36.7 Å². The van der Waals surface area contributed by atoms with Gasteiger partial charge in [-0.05, 0) is 73.9 Å². The molecule has 3 aromatic carbocycles. The second-order valence-electron chi connectivity index (χ2n) is 10.4. The van der Waals surface area contributed by atoms with Gasteiger partial charge < -0.3 is 25.8 Å². The maximum absolute atomic E-state index is 13.7. The first kappa shape index (κ1) is 30.8. The highest BCUT2D eigenvalue weighted by Crippen LogP contribution is 2.33. The highest BCUT2D eigenvalue weighted by Gasteiger charge is 2.29. The Bertz CT molecular complexity index is 1520. The normalized spacial score (nSPS) is 13.1. The molecule has 0 radical (unpaired) electrons. The van der Waals surface area contributed by atoms with Crippen LogP contribution in [0.5, 0.6) is 0 Å². The lowest BCUT2D eigenvalue weighted by molar-refractivity contribution is -0.134. The average Bonchev–Trinajstić information content (AvgIpc) is 3.32. The highest BCUT2D eigenvalue weighted by atomic mass is 32.1. The predicted molar refractivity (Wildman–Crippen MR) is 170 cm³/mol. The number of anilines is 3. The van der Waals surface area contributed by atoms with Crippen molar-refractivity contribution in [2.24, 2.45) is 5.73 Å². The number of halogens is 1. The molecule has 1 aliphatic rings. The molecule has 4 N–H and O–H groups in total. The Balaban J connectivity index is 0.00000405. The smallest absolute Gasteiger partial charge is 0.240 e. The van der Waals surface area contributed by atoms with E-state index in [1.807, 2.05) is 62.4 Å². The number of imidazole rings is 1. The summed E-state index contributed by atoms with van der Waals surface area (Å²) in [4.78, 5) is 31.9. The first-order valence-corrected chi connectivity index (χ1v) is 13.9. The summed E-state index contributed by atoms with van der Waals surface area (Å²) in [6, 6.07) is 21.1. The number of fused-ring (bicyclic) bond motifs is 1. The Morgan fingerprint density at radius 1 is 0.976 bits per heavy atom. The molecule has 8 nitrogen and oxygen atoms in total. The highest BCUT2D eigenvalue weighted by molar-refractivity contribution is 7.59. The predicted octanol–water partition coefficient (Wildman–Crippen LogP) is 5.50. The zero-order valence-corrected chi connectivity index (χ0v) is 24.9. The number of aromatic nitrogens is 2. The Labute approximate surface area is 252 Å². The molecule has 220 valence electrons. The summed E-state index contributed by atoms with van der Waals surface area (Å²) in [5, 5.41) is 6.36. The van der Waals surface area contributed by atoms with Crippen LogP contribution >= 0.6 is 13.5 Å². The van der Waals surface area contributed by atoms with Gasteiger partial charge in [0, 0.05) is 36.4 Å². The largest absolute Gasteiger partial charge is 0.340 e. The molecular weight excluding hydrogens is 551 g/mol. The molecule has 10 heteroatoms. The summed E-state index contributed by atoms with van der Waals surface area (Å²) in [6.07, 6.45) is 1.65. The lowest BCUT2D eigenvalue weighted by atomic mass is 10.0. The fraction of sp³-hybridized carbons (Fsp3) is 0.281. The molecule has 0 saturated carbocycles. The van der Waals surface area contributed by atoms with E-state index < -0.39 is 6.04 Å². The Hall–Kier alpha value is -4.15. The summed E-state index contributed by atoms with van der Waals surface area (Å²) >= 11 is 0. The lowest BCUT2D eigenvalue weighted by Crippen LogP contribution is -2.47. The maximum atomic E-state index is 13.7. The van der Waals surface area contributed by atoms with Gasteiger partial charge in [-0.15, -0.1) is 0 Å². The molecule has 1 atom stereocenters. The molecule has 0 bridgehead atoms. The molecule has 1 aromatic heterocycles.